The molecule has 0 bridgehead atoms. The fourth-order valence-electron chi connectivity index (χ4n) is 2.81. The molecule has 0 fully saturated rings. The van der Waals surface area contributed by atoms with Gasteiger partial charge in [0.15, 0.2) is 0 Å². The minimum Gasteiger partial charge on any atom is -0.496 e. The number of benzene rings is 2. The number of amides is 1. The van der Waals surface area contributed by atoms with Crippen molar-refractivity contribution < 1.29 is 22.7 Å². The number of para-hydroxylation sites is 1. The van der Waals surface area contributed by atoms with Gasteiger partial charge in [0.2, 0.25) is 0 Å². The molecule has 0 atom stereocenters. The molecule has 1 amide bonds. The standard InChI is InChI=1S/C23H28F3N5O2/c1-28-10-11-29-14-16-6-5-8-18(12-16)31-19(13-21(27)23(24,25)26)22(32)30-15-17-7-3-4-9-20(17)33-2/h3-9,12-13,28-29H,10-11,14-15,27H2,1-2H3,(H,30,32)/b21-13-,31-19?. The number of ether oxygens (including phenoxy) is 1. The second-order valence-electron chi connectivity index (χ2n) is 7.04. The zero-order chi connectivity index (χ0) is 24.3. The highest BCUT2D eigenvalue weighted by molar-refractivity contribution is 6.44. The number of nitrogens with zero attached hydrogens (tertiary/aromatic N) is 1. The van der Waals surface area contributed by atoms with Crippen LogP contribution < -0.4 is 26.4 Å². The predicted molar refractivity (Wildman–Crippen MR) is 122 cm³/mol. The third-order valence-corrected chi connectivity index (χ3v) is 4.53. The number of nitrogens with two attached hydrogens (primary N) is 1. The van der Waals surface area contributed by atoms with Crippen LogP contribution in [0.1, 0.15) is 11.1 Å². The second kappa shape index (κ2) is 12.6. The molecule has 33 heavy (non-hydrogen) atoms. The molecule has 178 valence electrons. The van der Waals surface area contributed by atoms with Crippen molar-refractivity contribution >= 4 is 17.3 Å². The Labute approximate surface area is 190 Å². The first-order valence-electron chi connectivity index (χ1n) is 10.2. The van der Waals surface area contributed by atoms with Crippen LogP contribution in [0, 0.1) is 0 Å². The van der Waals surface area contributed by atoms with Crippen molar-refractivity contribution in [2.24, 2.45) is 10.7 Å². The zero-order valence-electron chi connectivity index (χ0n) is 18.5. The van der Waals surface area contributed by atoms with E-state index in [1.165, 1.54) is 7.11 Å². The molecule has 0 heterocycles. The fraction of sp³-hybridized carbons (Fsp3) is 0.304. The van der Waals surface area contributed by atoms with Crippen LogP contribution in [0.3, 0.4) is 0 Å². The van der Waals surface area contributed by atoms with Crippen LogP contribution in [-0.4, -0.2) is 45.0 Å². The van der Waals surface area contributed by atoms with E-state index in [1.807, 2.05) is 13.1 Å². The molecular formula is C23H28F3N5O2. The first-order valence-corrected chi connectivity index (χ1v) is 10.2. The summed E-state index contributed by atoms with van der Waals surface area (Å²) in [6, 6.07) is 13.8. The van der Waals surface area contributed by atoms with E-state index in [0.717, 1.165) is 18.7 Å². The average Bonchev–Trinajstić information content (AvgIpc) is 2.79. The molecule has 0 unspecified atom stereocenters. The lowest BCUT2D eigenvalue weighted by Crippen LogP contribution is -2.31. The molecule has 5 N–H and O–H groups in total. The summed E-state index contributed by atoms with van der Waals surface area (Å²) in [6.45, 7) is 2.11. The molecule has 0 saturated carbocycles. The summed E-state index contributed by atoms with van der Waals surface area (Å²) >= 11 is 0. The van der Waals surface area contributed by atoms with E-state index in [9.17, 15) is 18.0 Å². The van der Waals surface area contributed by atoms with Crippen LogP contribution in [0.15, 0.2) is 65.3 Å². The third kappa shape index (κ3) is 8.59. The van der Waals surface area contributed by atoms with Crippen LogP contribution >= 0.6 is 0 Å². The molecule has 0 aliphatic carbocycles. The van der Waals surface area contributed by atoms with Gasteiger partial charge in [0.1, 0.15) is 17.2 Å². The summed E-state index contributed by atoms with van der Waals surface area (Å²) in [5.41, 5.74) is 5.14. The van der Waals surface area contributed by atoms with Gasteiger partial charge in [-0.25, -0.2) is 4.99 Å². The largest absolute Gasteiger partial charge is 0.496 e. The molecule has 0 aliphatic heterocycles. The Morgan fingerprint density at radius 2 is 1.88 bits per heavy atom. The Kier molecular flexibility index (Phi) is 9.89. The lowest BCUT2D eigenvalue weighted by atomic mass is 10.2. The molecule has 2 aromatic carbocycles. The second-order valence-corrected chi connectivity index (χ2v) is 7.04. The molecule has 2 aromatic rings. The number of carbonyl (C=O) groups is 1. The predicted octanol–water partition coefficient (Wildman–Crippen LogP) is 2.80. The van der Waals surface area contributed by atoms with Crippen molar-refractivity contribution in [3.8, 4) is 5.75 Å². The van der Waals surface area contributed by atoms with E-state index in [1.54, 1.807) is 42.5 Å². The summed E-state index contributed by atoms with van der Waals surface area (Å²) in [5.74, 6) is -0.259. The summed E-state index contributed by atoms with van der Waals surface area (Å²) in [6.07, 6.45) is -4.25. The number of nitrogens with one attached hydrogen (secondary N) is 3. The molecule has 0 saturated heterocycles. The van der Waals surface area contributed by atoms with Crippen molar-refractivity contribution in [3.63, 3.8) is 0 Å². The lowest BCUT2D eigenvalue weighted by molar-refractivity contribution is -0.114. The van der Waals surface area contributed by atoms with Gasteiger partial charge in [0.25, 0.3) is 5.91 Å². The van der Waals surface area contributed by atoms with E-state index >= 15 is 0 Å². The van der Waals surface area contributed by atoms with Gasteiger partial charge in [-0.2, -0.15) is 13.2 Å². The van der Waals surface area contributed by atoms with Crippen molar-refractivity contribution in [3.05, 3.63) is 71.4 Å². The number of hydrogen-bond acceptors (Lipinski definition) is 6. The highest BCUT2D eigenvalue weighted by Crippen LogP contribution is 2.22. The van der Waals surface area contributed by atoms with Crippen LogP contribution in [0.5, 0.6) is 5.75 Å². The monoisotopic (exact) mass is 463 g/mol. The normalized spacial score (nSPS) is 12.5. The molecule has 0 aromatic heterocycles. The number of rotatable bonds is 11. The average molecular weight is 464 g/mol. The Hall–Kier alpha value is -3.37. The Morgan fingerprint density at radius 3 is 2.58 bits per heavy atom. The van der Waals surface area contributed by atoms with E-state index in [0.29, 0.717) is 29.6 Å². The maximum Gasteiger partial charge on any atom is 0.430 e. The summed E-state index contributed by atoms with van der Waals surface area (Å²) in [4.78, 5) is 16.9. The smallest absolute Gasteiger partial charge is 0.430 e. The SMILES string of the molecule is CNCCNCc1cccc(N=C(/C=C(\N)C(F)(F)F)C(=O)NCc2ccccc2OC)c1. The Bertz CT molecular complexity index is 990. The minimum absolute atomic E-state index is 0.0387. The Morgan fingerprint density at radius 1 is 1.12 bits per heavy atom. The van der Waals surface area contributed by atoms with Gasteiger partial charge in [0.05, 0.1) is 12.8 Å². The molecule has 7 nitrogen and oxygen atoms in total. The van der Waals surface area contributed by atoms with Crippen LogP contribution in [0.25, 0.3) is 0 Å². The minimum atomic E-state index is -4.79. The van der Waals surface area contributed by atoms with Gasteiger partial charge in [-0.1, -0.05) is 30.3 Å². The summed E-state index contributed by atoms with van der Waals surface area (Å²) in [5, 5.41) is 8.82. The van der Waals surface area contributed by atoms with Crippen LogP contribution in [0.2, 0.25) is 0 Å². The number of likely N-dealkylation sites (N-methyl/N-ethyl adjacent to an activating group) is 1. The van der Waals surface area contributed by atoms with Gasteiger partial charge < -0.3 is 26.4 Å². The number of carbonyl (C=O) groups excluding carboxylic acids is 1. The summed E-state index contributed by atoms with van der Waals surface area (Å²) < 4.78 is 44.3. The number of halogens is 3. The zero-order valence-corrected chi connectivity index (χ0v) is 18.5. The number of alkyl halides is 3. The van der Waals surface area contributed by atoms with E-state index < -0.39 is 23.5 Å². The highest BCUT2D eigenvalue weighted by Gasteiger charge is 2.32. The number of aliphatic imine (C=N–C) groups is 1. The number of allylic oxidation sites excluding steroid dienone is 1. The van der Waals surface area contributed by atoms with Gasteiger partial charge in [-0.15, -0.1) is 0 Å². The first-order chi connectivity index (χ1) is 15.7. The number of hydrogen-bond donors (Lipinski definition) is 4. The topological polar surface area (TPSA) is 101 Å². The van der Waals surface area contributed by atoms with Crippen molar-refractivity contribution in [1.82, 2.24) is 16.0 Å². The Balaban J connectivity index is 2.26. The lowest BCUT2D eigenvalue weighted by Gasteiger charge is -2.11. The molecule has 2 rings (SSSR count). The molecule has 10 heteroatoms. The third-order valence-electron chi connectivity index (χ3n) is 4.53. The number of methoxy groups -OCH3 is 1. The van der Waals surface area contributed by atoms with Crippen molar-refractivity contribution in [2.45, 2.75) is 19.3 Å². The maximum atomic E-state index is 13.0. The van der Waals surface area contributed by atoms with Gasteiger partial charge in [-0.3, -0.25) is 4.79 Å². The maximum absolute atomic E-state index is 13.0. The van der Waals surface area contributed by atoms with E-state index in [4.69, 9.17) is 10.5 Å². The summed E-state index contributed by atoms with van der Waals surface area (Å²) in [7, 11) is 3.33. The highest BCUT2D eigenvalue weighted by atomic mass is 19.4. The van der Waals surface area contributed by atoms with Crippen molar-refractivity contribution in [1.29, 1.82) is 0 Å². The first kappa shape index (κ1) is 25.9. The van der Waals surface area contributed by atoms with Crippen molar-refractivity contribution in [2.75, 3.05) is 27.2 Å². The molecule has 0 radical (unpaired) electrons. The van der Waals surface area contributed by atoms with Gasteiger partial charge in [0, 0.05) is 31.7 Å². The van der Waals surface area contributed by atoms with Crippen LogP contribution in [-0.2, 0) is 17.9 Å². The van der Waals surface area contributed by atoms with Crippen LogP contribution in [0.4, 0.5) is 18.9 Å². The molecular weight excluding hydrogens is 435 g/mol. The van der Waals surface area contributed by atoms with Gasteiger partial charge >= 0.3 is 6.18 Å². The molecule has 0 aliphatic rings. The quantitative estimate of drug-likeness (QED) is 0.303. The molecule has 0 spiro atoms. The fourth-order valence-corrected chi connectivity index (χ4v) is 2.81. The van der Waals surface area contributed by atoms with E-state index in [2.05, 4.69) is 20.9 Å². The van der Waals surface area contributed by atoms with E-state index in [-0.39, 0.29) is 6.54 Å². The van der Waals surface area contributed by atoms with Gasteiger partial charge in [-0.05, 0) is 36.9 Å².